The molecule has 7 rings (SSSR count). The number of quaternary nitrogens is 1. The molecule has 2 aromatic heterocycles. The first-order chi connectivity index (χ1) is 29.3. The van der Waals surface area contributed by atoms with Crippen LogP contribution in [0, 0.1) is 17.0 Å². The normalized spacial score (nSPS) is 21.6. The van der Waals surface area contributed by atoms with Crippen LogP contribution in [0.25, 0.3) is 0 Å². The summed E-state index contributed by atoms with van der Waals surface area (Å²) in [5.41, 5.74) is 20.3. The summed E-state index contributed by atoms with van der Waals surface area (Å²) >= 11 is 0. The number of urea groups is 1. The molecule has 4 heterocycles. The lowest BCUT2D eigenvalue weighted by atomic mass is 9.82. The molecular formula is C44H45N9O8. The van der Waals surface area contributed by atoms with Crippen molar-refractivity contribution in [2.45, 2.75) is 44.1 Å². The molecule has 314 valence electrons. The van der Waals surface area contributed by atoms with Crippen molar-refractivity contribution in [1.29, 1.82) is 0 Å². The lowest BCUT2D eigenvalue weighted by Gasteiger charge is -2.56. The van der Waals surface area contributed by atoms with Gasteiger partial charge in [-0.3, -0.25) is 19.8 Å². The molecule has 5 aromatic rings. The maximum Gasteiger partial charge on any atom is 0.338 e. The summed E-state index contributed by atoms with van der Waals surface area (Å²) in [5.74, 6) is -3.66. The number of hydroxylamine groups is 3. The number of benzene rings is 3. The zero-order valence-corrected chi connectivity index (χ0v) is 33.1. The third kappa shape index (κ3) is 9.18. The first kappa shape index (κ1) is 41.9. The first-order valence-electron chi connectivity index (χ1n) is 19.6. The van der Waals surface area contributed by atoms with Crippen molar-refractivity contribution in [3.05, 3.63) is 155 Å². The van der Waals surface area contributed by atoms with E-state index in [1.807, 2.05) is 37.3 Å². The van der Waals surface area contributed by atoms with Crippen LogP contribution in [0.1, 0.15) is 51.6 Å². The molecule has 8 N–H and O–H groups in total. The van der Waals surface area contributed by atoms with Gasteiger partial charge in [-0.1, -0.05) is 60.7 Å². The van der Waals surface area contributed by atoms with E-state index in [0.29, 0.717) is 11.1 Å². The number of β-lactam (4-membered cyclic amide) rings is 2. The van der Waals surface area contributed by atoms with E-state index in [4.69, 9.17) is 26.7 Å². The van der Waals surface area contributed by atoms with Gasteiger partial charge in [0.1, 0.15) is 36.7 Å². The summed E-state index contributed by atoms with van der Waals surface area (Å²) < 4.78 is 10.6. The molecule has 2 fully saturated rings. The Morgan fingerprint density at radius 3 is 1.97 bits per heavy atom. The van der Waals surface area contributed by atoms with Gasteiger partial charge >= 0.3 is 17.9 Å². The second-order valence-electron chi connectivity index (χ2n) is 15.0. The van der Waals surface area contributed by atoms with Gasteiger partial charge in [0, 0.05) is 18.4 Å². The summed E-state index contributed by atoms with van der Waals surface area (Å²) in [6.45, 7) is 1.32. The second kappa shape index (κ2) is 18.0. The summed E-state index contributed by atoms with van der Waals surface area (Å²) in [6, 6.07) is 27.4. The lowest BCUT2D eigenvalue weighted by Crippen LogP contribution is -2.76. The van der Waals surface area contributed by atoms with E-state index in [9.17, 15) is 29.2 Å². The van der Waals surface area contributed by atoms with E-state index < -0.39 is 64.5 Å². The monoisotopic (exact) mass is 827 g/mol. The highest BCUT2D eigenvalue weighted by Gasteiger charge is 2.60. The molecule has 2 aliphatic heterocycles. The van der Waals surface area contributed by atoms with Crippen molar-refractivity contribution in [1.82, 2.24) is 25.5 Å². The molecule has 0 bridgehead atoms. The predicted molar refractivity (Wildman–Crippen MR) is 222 cm³/mol. The van der Waals surface area contributed by atoms with Crippen molar-refractivity contribution in [2.75, 3.05) is 24.7 Å². The quantitative estimate of drug-likeness (QED) is 0.0413. The highest BCUT2D eigenvalue weighted by Crippen LogP contribution is 2.39. The van der Waals surface area contributed by atoms with Crippen LogP contribution in [-0.2, 0) is 32.0 Å². The van der Waals surface area contributed by atoms with Crippen LogP contribution in [-0.4, -0.2) is 74.8 Å². The van der Waals surface area contributed by atoms with Gasteiger partial charge in [0.25, 0.3) is 6.23 Å². The Balaban J connectivity index is 1.01. The number of nitrogens with zero attached hydrogens (tertiary/aromatic N) is 4. The van der Waals surface area contributed by atoms with Gasteiger partial charge < -0.3 is 37.2 Å². The number of primary amides is 1. The first-order valence-corrected chi connectivity index (χ1v) is 19.6. The van der Waals surface area contributed by atoms with Gasteiger partial charge in [-0.2, -0.15) is 0 Å². The molecule has 2 aliphatic rings. The molecule has 2 saturated heterocycles. The van der Waals surface area contributed by atoms with Gasteiger partial charge in [-0.05, 0) is 90.6 Å². The van der Waals surface area contributed by atoms with Gasteiger partial charge in [-0.15, -0.1) is 0 Å². The molecule has 61 heavy (non-hydrogen) atoms. The number of pyridine rings is 2. The molecule has 0 spiro atoms. The average Bonchev–Trinajstić information content (AvgIpc) is 3.26. The van der Waals surface area contributed by atoms with Gasteiger partial charge in [0.2, 0.25) is 11.8 Å². The van der Waals surface area contributed by atoms with Crippen molar-refractivity contribution < 1.29 is 38.1 Å². The fourth-order valence-corrected chi connectivity index (χ4v) is 7.62. The maximum atomic E-state index is 14.2. The number of nitrogens with one attached hydrogen (secondary N) is 2. The molecule has 17 heteroatoms. The zero-order valence-electron chi connectivity index (χ0n) is 33.1. The smallest absolute Gasteiger partial charge is 0.338 e. The van der Waals surface area contributed by atoms with E-state index in [0.717, 1.165) is 16.0 Å². The Morgan fingerprint density at radius 1 is 0.820 bits per heavy atom. The summed E-state index contributed by atoms with van der Waals surface area (Å²) in [4.78, 5) is 74.9. The number of ether oxygens (including phenoxy) is 2. The lowest BCUT2D eigenvalue weighted by molar-refractivity contribution is -0.894. The number of hydrogen-bond acceptors (Lipinski definition) is 13. The molecule has 0 aliphatic carbocycles. The number of amides is 5. The number of likely N-dealkylation sites (tertiary alicyclic amines) is 2. The largest absolute Gasteiger partial charge is 0.621 e. The van der Waals surface area contributed by atoms with Gasteiger partial charge in [0.15, 0.2) is 5.92 Å². The van der Waals surface area contributed by atoms with Crippen LogP contribution in [0.15, 0.2) is 122 Å². The Bertz CT molecular complexity index is 2410. The van der Waals surface area contributed by atoms with Gasteiger partial charge in [-0.25, -0.2) is 29.0 Å². The molecule has 3 aromatic carbocycles. The third-order valence-corrected chi connectivity index (χ3v) is 10.9. The number of anilines is 2. The van der Waals surface area contributed by atoms with Crippen LogP contribution in [0.4, 0.5) is 16.4 Å². The minimum atomic E-state index is -1.28. The number of aromatic nitrogens is 2. The molecular weight excluding hydrogens is 783 g/mol. The molecule has 17 nitrogen and oxygen atoms in total. The second-order valence-corrected chi connectivity index (χ2v) is 15.0. The van der Waals surface area contributed by atoms with Crippen LogP contribution in [0.3, 0.4) is 0 Å². The minimum absolute atomic E-state index is 0.120. The number of nitrogen functional groups attached to an aromatic ring is 2. The number of rotatable bonds is 16. The standard InChI is InChI=1S/C44H45N9O8/c1-26(29-8-4-2-5-9-29)50-25-53(59)41(56)34(21-28-17-19-49-37(46)23-28)42(53)61-32-14-12-31(13-15-32)43(57)60-24-35(30-10-6-3-7-11-30)51-44(58)52-38(39(47)54)33(40(52)55)20-27-16-18-48-36(45)22-27/h2-19,22-23,26,33-35,38,42,50H,20-21,24-25H2,1H3,(H2,45,48)(H2,46,49)(H2,47,54)(H,51,58)/t26-,33-,34+,35-,38+,42-,53?/m1/s1. The Morgan fingerprint density at radius 2 is 1.39 bits per heavy atom. The number of hydrogen-bond donors (Lipinski definition) is 5. The van der Waals surface area contributed by atoms with Crippen molar-refractivity contribution in [2.24, 2.45) is 17.6 Å². The minimum Gasteiger partial charge on any atom is -0.621 e. The van der Waals surface area contributed by atoms with Crippen LogP contribution in [0.5, 0.6) is 5.75 Å². The van der Waals surface area contributed by atoms with E-state index >= 15 is 0 Å². The zero-order chi connectivity index (χ0) is 43.3. The van der Waals surface area contributed by atoms with E-state index in [-0.39, 0.29) is 55.1 Å². The topological polar surface area (TPSA) is 258 Å². The predicted octanol–water partition coefficient (Wildman–Crippen LogP) is 3.53. The fourth-order valence-electron chi connectivity index (χ4n) is 7.62. The van der Waals surface area contributed by atoms with Crippen molar-refractivity contribution >= 4 is 41.4 Å². The van der Waals surface area contributed by atoms with Crippen molar-refractivity contribution in [3.63, 3.8) is 0 Å². The number of carbonyl (C=O) groups is 5. The molecule has 0 radical (unpaired) electrons. The highest BCUT2D eigenvalue weighted by molar-refractivity contribution is 6.08. The molecule has 1 unspecified atom stereocenters. The average molecular weight is 828 g/mol. The number of imide groups is 1. The fraction of sp³-hybridized carbons (Fsp3) is 0.250. The molecule has 5 amide bonds. The Kier molecular flexibility index (Phi) is 12.3. The number of esters is 1. The van der Waals surface area contributed by atoms with Crippen molar-refractivity contribution in [3.8, 4) is 5.75 Å². The summed E-state index contributed by atoms with van der Waals surface area (Å²) in [6.07, 6.45) is 2.21. The van der Waals surface area contributed by atoms with Crippen LogP contribution < -0.4 is 32.6 Å². The van der Waals surface area contributed by atoms with Crippen LogP contribution in [0.2, 0.25) is 0 Å². The van der Waals surface area contributed by atoms with E-state index in [1.54, 1.807) is 54.6 Å². The Hall–Kier alpha value is -7.21. The summed E-state index contributed by atoms with van der Waals surface area (Å²) in [7, 11) is 0. The van der Waals surface area contributed by atoms with E-state index in [2.05, 4.69) is 20.6 Å². The third-order valence-electron chi connectivity index (χ3n) is 10.9. The SMILES string of the molecule is C[C@@H](NC[N+]1([O-])C(=O)[C@H](Cc2ccnc(N)c2)[C@H]1Oc1ccc(C(=O)OC[C@@H](NC(=O)N2C(=O)[C@H](Cc3ccnc(N)c3)[C@H]2C(N)=O)c2ccccc2)cc1)c1ccccc1. The molecule has 0 saturated carbocycles. The van der Waals surface area contributed by atoms with Gasteiger partial charge in [0.05, 0.1) is 17.5 Å². The maximum absolute atomic E-state index is 14.2. The number of nitrogens with two attached hydrogens (primary N) is 3. The molecule has 7 atom stereocenters. The highest BCUT2D eigenvalue weighted by atomic mass is 16.6. The summed E-state index contributed by atoms with van der Waals surface area (Å²) in [5, 5.41) is 20.1. The number of carbonyl (C=O) groups excluding carboxylic acids is 5. The Labute approximate surface area is 351 Å². The van der Waals surface area contributed by atoms with E-state index in [1.165, 1.54) is 36.7 Å². The van der Waals surface area contributed by atoms with Crippen LogP contribution >= 0.6 is 0 Å².